The van der Waals surface area contributed by atoms with Crippen LogP contribution in [0.3, 0.4) is 0 Å². The highest BCUT2D eigenvalue weighted by molar-refractivity contribution is 5.24. The Bertz CT molecular complexity index is 571. The van der Waals surface area contributed by atoms with E-state index in [4.69, 9.17) is 14.8 Å². The number of aliphatic hydroxyl groups is 1. The minimum atomic E-state index is -0.534. The molecule has 1 fully saturated rings. The predicted octanol–water partition coefficient (Wildman–Crippen LogP) is -0.131. The molecular formula is C14H19N3O4. The van der Waals surface area contributed by atoms with Gasteiger partial charge in [0.15, 0.2) is 5.76 Å². The fraction of sp³-hybridized carbons (Fsp3) is 0.571. The van der Waals surface area contributed by atoms with Crippen LogP contribution in [0.25, 0.3) is 0 Å². The third-order valence-corrected chi connectivity index (χ3v) is 3.57. The fourth-order valence-corrected chi connectivity index (χ4v) is 2.36. The van der Waals surface area contributed by atoms with E-state index in [-0.39, 0.29) is 23.9 Å². The second kappa shape index (κ2) is 7.22. The Hall–Kier alpha value is -1.88. The number of piperazine rings is 1. The zero-order valence-electron chi connectivity index (χ0n) is 11.8. The molecule has 0 amide bonds. The summed E-state index contributed by atoms with van der Waals surface area (Å²) in [4.78, 5) is 15.8. The Morgan fingerprint density at radius 3 is 2.57 bits per heavy atom. The Morgan fingerprint density at radius 2 is 1.95 bits per heavy atom. The van der Waals surface area contributed by atoms with Crippen molar-refractivity contribution in [2.24, 2.45) is 0 Å². The van der Waals surface area contributed by atoms with Crippen molar-refractivity contribution in [1.82, 2.24) is 9.80 Å². The molecule has 21 heavy (non-hydrogen) atoms. The van der Waals surface area contributed by atoms with Crippen molar-refractivity contribution >= 4 is 0 Å². The summed E-state index contributed by atoms with van der Waals surface area (Å²) in [5.74, 6) is -0.0448. The molecule has 114 valence electrons. The lowest BCUT2D eigenvalue weighted by molar-refractivity contribution is 0.118. The number of rotatable bonds is 5. The van der Waals surface area contributed by atoms with E-state index >= 15 is 0 Å². The largest absolute Gasteiger partial charge is 0.502 e. The van der Waals surface area contributed by atoms with Gasteiger partial charge in [0.2, 0.25) is 11.2 Å². The molecule has 1 aromatic rings. The normalized spacial score (nSPS) is 16.8. The monoisotopic (exact) mass is 293 g/mol. The fourth-order valence-electron chi connectivity index (χ4n) is 2.36. The summed E-state index contributed by atoms with van der Waals surface area (Å²) in [6.45, 7) is 3.96. The summed E-state index contributed by atoms with van der Waals surface area (Å²) in [7, 11) is 0. The average Bonchev–Trinajstić information content (AvgIpc) is 2.50. The van der Waals surface area contributed by atoms with Crippen molar-refractivity contribution in [3.63, 3.8) is 0 Å². The number of nitriles is 1. The van der Waals surface area contributed by atoms with E-state index in [0.29, 0.717) is 13.0 Å². The quantitative estimate of drug-likeness (QED) is 0.779. The number of hydrogen-bond donors (Lipinski definition) is 2. The standard InChI is InChI=1S/C14H19N3O4/c15-2-1-3-16-4-6-17(7-5-16)9-13-14(20)12(19)8-11(10-18)21-13/h8,18,20H,1,3-7,9-10H2. The SMILES string of the molecule is N#CCCN1CCN(Cc2oc(CO)cc(=O)c2O)CC1. The van der Waals surface area contributed by atoms with E-state index in [1.807, 2.05) is 0 Å². The summed E-state index contributed by atoms with van der Waals surface area (Å²) >= 11 is 0. The first kappa shape index (κ1) is 15.5. The van der Waals surface area contributed by atoms with Crippen LogP contribution < -0.4 is 5.43 Å². The summed E-state index contributed by atoms with van der Waals surface area (Å²) in [5, 5.41) is 27.4. The molecule has 7 nitrogen and oxygen atoms in total. The second-order valence-corrected chi connectivity index (χ2v) is 5.03. The maximum Gasteiger partial charge on any atom is 0.227 e. The van der Waals surface area contributed by atoms with Crippen molar-refractivity contribution in [3.05, 3.63) is 27.8 Å². The minimum Gasteiger partial charge on any atom is -0.502 e. The molecule has 1 aromatic heterocycles. The Labute approximate surface area is 122 Å². The topological polar surface area (TPSA) is 101 Å². The summed E-state index contributed by atoms with van der Waals surface area (Å²) in [6, 6.07) is 3.23. The van der Waals surface area contributed by atoms with E-state index in [1.54, 1.807) is 0 Å². The molecule has 0 bridgehead atoms. The maximum absolute atomic E-state index is 11.6. The van der Waals surface area contributed by atoms with Gasteiger partial charge in [-0.05, 0) is 0 Å². The molecule has 0 radical (unpaired) electrons. The van der Waals surface area contributed by atoms with Gasteiger partial charge in [-0.3, -0.25) is 14.6 Å². The van der Waals surface area contributed by atoms with Crippen LogP contribution in [-0.4, -0.2) is 52.7 Å². The molecule has 0 aromatic carbocycles. The second-order valence-electron chi connectivity index (χ2n) is 5.03. The third-order valence-electron chi connectivity index (χ3n) is 3.57. The van der Waals surface area contributed by atoms with Gasteiger partial charge in [-0.1, -0.05) is 0 Å². The lowest BCUT2D eigenvalue weighted by atomic mass is 10.2. The Balaban J connectivity index is 1.96. The Kier molecular flexibility index (Phi) is 5.33. The average molecular weight is 293 g/mol. The molecule has 2 N–H and O–H groups in total. The molecule has 0 aliphatic carbocycles. The van der Waals surface area contributed by atoms with Crippen LogP contribution in [0.4, 0.5) is 0 Å². The molecule has 2 heterocycles. The van der Waals surface area contributed by atoms with Crippen LogP contribution in [0, 0.1) is 11.3 Å². The maximum atomic E-state index is 11.6. The van der Waals surface area contributed by atoms with Gasteiger partial charge in [-0.25, -0.2) is 0 Å². The van der Waals surface area contributed by atoms with Gasteiger partial charge in [0.05, 0.1) is 12.6 Å². The minimum absolute atomic E-state index is 0.153. The first-order valence-corrected chi connectivity index (χ1v) is 6.91. The van der Waals surface area contributed by atoms with Gasteiger partial charge in [0, 0.05) is 45.2 Å². The van der Waals surface area contributed by atoms with E-state index in [1.165, 1.54) is 0 Å². The smallest absolute Gasteiger partial charge is 0.227 e. The van der Waals surface area contributed by atoms with Gasteiger partial charge < -0.3 is 14.6 Å². The van der Waals surface area contributed by atoms with Crippen molar-refractivity contribution in [2.75, 3.05) is 32.7 Å². The van der Waals surface area contributed by atoms with Gasteiger partial charge in [-0.2, -0.15) is 5.26 Å². The summed E-state index contributed by atoms with van der Waals surface area (Å²) in [5.41, 5.74) is -0.534. The molecule has 0 unspecified atom stereocenters. The van der Waals surface area contributed by atoms with Crippen molar-refractivity contribution < 1.29 is 14.6 Å². The lowest BCUT2D eigenvalue weighted by Gasteiger charge is -2.33. The summed E-state index contributed by atoms with van der Waals surface area (Å²) < 4.78 is 5.33. The number of nitrogens with zero attached hydrogens (tertiary/aromatic N) is 3. The van der Waals surface area contributed by atoms with Crippen LogP contribution in [-0.2, 0) is 13.2 Å². The summed E-state index contributed by atoms with van der Waals surface area (Å²) in [6.07, 6.45) is 0.522. The molecular weight excluding hydrogens is 274 g/mol. The van der Waals surface area contributed by atoms with Crippen LogP contribution in [0.5, 0.6) is 5.75 Å². The van der Waals surface area contributed by atoms with Crippen molar-refractivity contribution in [1.29, 1.82) is 5.26 Å². The number of hydrogen-bond acceptors (Lipinski definition) is 7. The van der Waals surface area contributed by atoms with Crippen molar-refractivity contribution in [2.45, 2.75) is 19.6 Å². The van der Waals surface area contributed by atoms with Crippen LogP contribution >= 0.6 is 0 Å². The van der Waals surface area contributed by atoms with E-state index in [0.717, 1.165) is 38.8 Å². The lowest BCUT2D eigenvalue weighted by Crippen LogP contribution is -2.46. The van der Waals surface area contributed by atoms with Crippen LogP contribution in [0.15, 0.2) is 15.3 Å². The molecule has 0 spiro atoms. The van der Waals surface area contributed by atoms with Crippen molar-refractivity contribution in [3.8, 4) is 11.8 Å². The molecule has 2 rings (SSSR count). The predicted molar refractivity (Wildman–Crippen MR) is 74.5 cm³/mol. The zero-order chi connectivity index (χ0) is 15.2. The van der Waals surface area contributed by atoms with Crippen LogP contribution in [0.2, 0.25) is 0 Å². The van der Waals surface area contributed by atoms with Crippen LogP contribution in [0.1, 0.15) is 17.9 Å². The van der Waals surface area contributed by atoms with Gasteiger partial charge in [0.1, 0.15) is 12.4 Å². The first-order chi connectivity index (χ1) is 10.1. The molecule has 1 aliphatic rings. The van der Waals surface area contributed by atoms with Gasteiger partial charge >= 0.3 is 0 Å². The van der Waals surface area contributed by atoms with E-state index in [2.05, 4.69) is 15.9 Å². The Morgan fingerprint density at radius 1 is 1.29 bits per heavy atom. The highest BCUT2D eigenvalue weighted by atomic mass is 16.4. The highest BCUT2D eigenvalue weighted by Gasteiger charge is 2.20. The third kappa shape index (κ3) is 4.04. The van der Waals surface area contributed by atoms with Gasteiger partial charge in [-0.15, -0.1) is 0 Å². The number of aliphatic hydroxyl groups excluding tert-OH is 1. The zero-order valence-corrected chi connectivity index (χ0v) is 11.8. The highest BCUT2D eigenvalue weighted by Crippen LogP contribution is 2.17. The molecule has 1 saturated heterocycles. The van der Waals surface area contributed by atoms with Gasteiger partial charge in [0.25, 0.3) is 0 Å². The molecule has 0 atom stereocenters. The first-order valence-electron chi connectivity index (χ1n) is 6.91. The van der Waals surface area contributed by atoms with E-state index < -0.39 is 5.43 Å². The molecule has 7 heteroatoms. The molecule has 0 saturated carbocycles. The van der Waals surface area contributed by atoms with E-state index in [9.17, 15) is 9.90 Å². The molecule has 1 aliphatic heterocycles. The number of aromatic hydroxyl groups is 1.